The third kappa shape index (κ3) is 1.85. The second-order valence-corrected chi connectivity index (χ2v) is 4.01. The van der Waals surface area contributed by atoms with Crippen LogP contribution in [0.3, 0.4) is 0 Å². The molecule has 2 aromatic rings. The molecule has 0 unspecified atom stereocenters. The lowest BCUT2D eigenvalue weighted by Gasteiger charge is -2.00. The molecule has 0 aliphatic heterocycles. The summed E-state index contributed by atoms with van der Waals surface area (Å²) in [6.07, 6.45) is 0. The number of nitrogens with two attached hydrogens (primary N) is 1. The van der Waals surface area contributed by atoms with Crippen LogP contribution in [-0.4, -0.2) is 11.1 Å². The van der Waals surface area contributed by atoms with Crippen molar-refractivity contribution in [2.75, 3.05) is 5.73 Å². The number of benzene rings is 1. The second kappa shape index (κ2) is 3.74. The summed E-state index contributed by atoms with van der Waals surface area (Å²) in [6.45, 7) is 0. The Morgan fingerprint density at radius 2 is 1.87 bits per heavy atom. The lowest BCUT2D eigenvalue weighted by atomic mass is 10.1. The van der Waals surface area contributed by atoms with Gasteiger partial charge in [-0.1, -0.05) is 12.1 Å². The Morgan fingerprint density at radius 1 is 1.20 bits per heavy atom. The Hall–Kier alpha value is -1.81. The number of aromatic carboxylic acids is 1. The van der Waals surface area contributed by atoms with E-state index >= 15 is 0 Å². The fraction of sp³-hybridized carbons (Fsp3) is 0. The van der Waals surface area contributed by atoms with E-state index in [0.717, 1.165) is 10.4 Å². The van der Waals surface area contributed by atoms with Crippen molar-refractivity contribution in [3.05, 3.63) is 41.3 Å². The van der Waals surface area contributed by atoms with Gasteiger partial charge in [-0.25, -0.2) is 4.79 Å². The summed E-state index contributed by atoms with van der Waals surface area (Å²) < 4.78 is 0. The molecule has 4 heteroatoms. The Kier molecular flexibility index (Phi) is 2.43. The van der Waals surface area contributed by atoms with Gasteiger partial charge in [0.1, 0.15) is 0 Å². The topological polar surface area (TPSA) is 63.3 Å². The molecule has 0 radical (unpaired) electrons. The van der Waals surface area contributed by atoms with Crippen LogP contribution < -0.4 is 5.73 Å². The molecule has 76 valence electrons. The van der Waals surface area contributed by atoms with Crippen molar-refractivity contribution in [1.29, 1.82) is 0 Å². The van der Waals surface area contributed by atoms with Gasteiger partial charge in [-0.3, -0.25) is 0 Å². The van der Waals surface area contributed by atoms with Crippen molar-refractivity contribution in [2.45, 2.75) is 0 Å². The molecule has 0 atom stereocenters. The minimum absolute atomic E-state index is 0.338. The first kappa shape index (κ1) is 9.73. The summed E-state index contributed by atoms with van der Waals surface area (Å²) >= 11 is 1.42. The van der Waals surface area contributed by atoms with E-state index in [1.54, 1.807) is 23.6 Å². The highest BCUT2D eigenvalue weighted by Gasteiger charge is 2.12. The molecule has 15 heavy (non-hydrogen) atoms. The second-order valence-electron chi connectivity index (χ2n) is 3.09. The van der Waals surface area contributed by atoms with E-state index < -0.39 is 5.97 Å². The zero-order valence-electron chi connectivity index (χ0n) is 7.81. The molecule has 1 aromatic heterocycles. The van der Waals surface area contributed by atoms with Gasteiger partial charge >= 0.3 is 5.97 Å². The standard InChI is InChI=1S/C11H9NO2S/c12-8-3-1-7(2-4-8)10-9(11(13)14)5-6-15-10/h1-6H,12H2,(H,13,14). The molecule has 0 spiro atoms. The van der Waals surface area contributed by atoms with E-state index in [9.17, 15) is 4.79 Å². The van der Waals surface area contributed by atoms with E-state index in [0.29, 0.717) is 11.3 Å². The third-order valence-corrected chi connectivity index (χ3v) is 3.03. The molecule has 3 nitrogen and oxygen atoms in total. The Bertz CT molecular complexity index is 488. The monoisotopic (exact) mass is 219 g/mol. The Morgan fingerprint density at radius 3 is 2.47 bits per heavy atom. The van der Waals surface area contributed by atoms with Crippen molar-refractivity contribution in [3.63, 3.8) is 0 Å². The molecule has 0 saturated carbocycles. The van der Waals surface area contributed by atoms with Crippen molar-refractivity contribution < 1.29 is 9.90 Å². The SMILES string of the molecule is Nc1ccc(-c2sccc2C(=O)O)cc1. The summed E-state index contributed by atoms with van der Waals surface area (Å²) in [6, 6.07) is 8.79. The van der Waals surface area contributed by atoms with Crippen LogP contribution in [0.5, 0.6) is 0 Å². The smallest absolute Gasteiger partial charge is 0.337 e. The van der Waals surface area contributed by atoms with E-state index in [1.165, 1.54) is 11.3 Å². The lowest BCUT2D eigenvalue weighted by molar-refractivity contribution is 0.0698. The van der Waals surface area contributed by atoms with Gasteiger partial charge in [0.2, 0.25) is 0 Å². The molecular formula is C11H9NO2S. The zero-order chi connectivity index (χ0) is 10.8. The Balaban J connectivity index is 2.49. The van der Waals surface area contributed by atoms with Gasteiger partial charge in [0.05, 0.1) is 5.56 Å². The van der Waals surface area contributed by atoms with Gasteiger partial charge in [-0.05, 0) is 29.1 Å². The first-order chi connectivity index (χ1) is 7.18. The largest absolute Gasteiger partial charge is 0.478 e. The number of thiophene rings is 1. The van der Waals surface area contributed by atoms with E-state index in [-0.39, 0.29) is 0 Å². The van der Waals surface area contributed by atoms with Crippen LogP contribution in [0.1, 0.15) is 10.4 Å². The maximum absolute atomic E-state index is 10.9. The highest BCUT2D eigenvalue weighted by Crippen LogP contribution is 2.29. The van der Waals surface area contributed by atoms with Crippen molar-refractivity contribution >= 4 is 23.0 Å². The molecule has 1 heterocycles. The highest BCUT2D eigenvalue weighted by atomic mass is 32.1. The van der Waals surface area contributed by atoms with Crippen LogP contribution in [-0.2, 0) is 0 Å². The van der Waals surface area contributed by atoms with E-state index in [2.05, 4.69) is 0 Å². The maximum atomic E-state index is 10.9. The Labute approximate surface area is 90.8 Å². The van der Waals surface area contributed by atoms with Gasteiger partial charge in [-0.15, -0.1) is 11.3 Å². The fourth-order valence-electron chi connectivity index (χ4n) is 1.34. The van der Waals surface area contributed by atoms with Gasteiger partial charge < -0.3 is 10.8 Å². The van der Waals surface area contributed by atoms with Crippen LogP contribution in [0.25, 0.3) is 10.4 Å². The quantitative estimate of drug-likeness (QED) is 0.763. The minimum atomic E-state index is -0.900. The molecule has 0 fully saturated rings. The van der Waals surface area contributed by atoms with Crippen LogP contribution in [0.4, 0.5) is 5.69 Å². The summed E-state index contributed by atoms with van der Waals surface area (Å²) in [5.41, 5.74) is 7.46. The molecule has 0 aliphatic rings. The van der Waals surface area contributed by atoms with Crippen LogP contribution >= 0.6 is 11.3 Å². The molecule has 3 N–H and O–H groups in total. The summed E-state index contributed by atoms with van der Waals surface area (Å²) in [5.74, 6) is -0.900. The summed E-state index contributed by atoms with van der Waals surface area (Å²) in [7, 11) is 0. The van der Waals surface area contributed by atoms with Crippen molar-refractivity contribution in [2.24, 2.45) is 0 Å². The molecule has 2 rings (SSSR count). The molecule has 0 amide bonds. The van der Waals surface area contributed by atoms with Crippen LogP contribution in [0.15, 0.2) is 35.7 Å². The fourth-order valence-corrected chi connectivity index (χ4v) is 2.23. The van der Waals surface area contributed by atoms with E-state index in [4.69, 9.17) is 10.8 Å². The normalized spacial score (nSPS) is 10.1. The number of nitrogen functional groups attached to an aromatic ring is 1. The summed E-state index contributed by atoms with van der Waals surface area (Å²) in [4.78, 5) is 11.7. The number of carboxylic acid groups (broad SMARTS) is 1. The molecule has 1 aromatic carbocycles. The predicted molar refractivity (Wildman–Crippen MR) is 61.1 cm³/mol. The number of hydrogen-bond acceptors (Lipinski definition) is 3. The predicted octanol–water partition coefficient (Wildman–Crippen LogP) is 2.70. The maximum Gasteiger partial charge on any atom is 0.337 e. The van der Waals surface area contributed by atoms with Gasteiger partial charge in [-0.2, -0.15) is 0 Å². The number of carbonyl (C=O) groups is 1. The first-order valence-electron chi connectivity index (χ1n) is 4.35. The van der Waals surface area contributed by atoms with Gasteiger partial charge in [0, 0.05) is 10.6 Å². The van der Waals surface area contributed by atoms with E-state index in [1.807, 2.05) is 12.1 Å². The number of carboxylic acids is 1. The van der Waals surface area contributed by atoms with Gasteiger partial charge in [0.25, 0.3) is 0 Å². The average Bonchev–Trinajstić information content (AvgIpc) is 2.67. The number of anilines is 1. The zero-order valence-corrected chi connectivity index (χ0v) is 8.62. The number of hydrogen-bond donors (Lipinski definition) is 2. The third-order valence-electron chi connectivity index (χ3n) is 2.07. The van der Waals surface area contributed by atoms with Crippen LogP contribution in [0, 0.1) is 0 Å². The van der Waals surface area contributed by atoms with Crippen molar-refractivity contribution in [3.8, 4) is 10.4 Å². The van der Waals surface area contributed by atoms with Crippen LogP contribution in [0.2, 0.25) is 0 Å². The first-order valence-corrected chi connectivity index (χ1v) is 5.23. The summed E-state index contributed by atoms with van der Waals surface area (Å²) in [5, 5.41) is 10.7. The molecule has 0 aliphatic carbocycles. The molecule has 0 bridgehead atoms. The lowest BCUT2D eigenvalue weighted by Crippen LogP contribution is -1.95. The molecule has 0 saturated heterocycles. The average molecular weight is 219 g/mol. The van der Waals surface area contributed by atoms with Crippen molar-refractivity contribution in [1.82, 2.24) is 0 Å². The minimum Gasteiger partial charge on any atom is -0.478 e. The number of rotatable bonds is 2. The highest BCUT2D eigenvalue weighted by molar-refractivity contribution is 7.14. The van der Waals surface area contributed by atoms with Gasteiger partial charge in [0.15, 0.2) is 0 Å². The molecular weight excluding hydrogens is 210 g/mol.